The lowest BCUT2D eigenvalue weighted by molar-refractivity contribution is -0.137. The number of piperidine rings is 1. The SMILES string of the molecule is Cc1ccc(-c2cc(C(=O)N3CCCCC3CCC(=O)O)on2)cc1. The van der Waals surface area contributed by atoms with Gasteiger partial charge in [0.15, 0.2) is 0 Å². The van der Waals surface area contributed by atoms with E-state index in [0.29, 0.717) is 18.7 Å². The number of hydrogen-bond donors (Lipinski definition) is 1. The molecule has 2 aromatic rings. The van der Waals surface area contributed by atoms with Gasteiger partial charge in [-0.05, 0) is 32.6 Å². The number of aromatic nitrogens is 1. The fourth-order valence-electron chi connectivity index (χ4n) is 3.24. The van der Waals surface area contributed by atoms with Crippen LogP contribution in [0.5, 0.6) is 0 Å². The Balaban J connectivity index is 1.75. The van der Waals surface area contributed by atoms with Crippen LogP contribution in [-0.4, -0.2) is 39.6 Å². The van der Waals surface area contributed by atoms with E-state index in [1.807, 2.05) is 31.2 Å². The number of aliphatic carboxylic acids is 1. The maximum atomic E-state index is 12.8. The number of hydrogen-bond acceptors (Lipinski definition) is 4. The van der Waals surface area contributed by atoms with Gasteiger partial charge in [0.1, 0.15) is 5.69 Å². The topological polar surface area (TPSA) is 83.6 Å². The van der Waals surface area contributed by atoms with Gasteiger partial charge in [-0.15, -0.1) is 0 Å². The number of carbonyl (C=O) groups excluding carboxylic acids is 1. The molecule has 1 amide bonds. The number of carbonyl (C=O) groups is 2. The molecular formula is C19H22N2O4. The van der Waals surface area contributed by atoms with Gasteiger partial charge in [0.2, 0.25) is 5.76 Å². The largest absolute Gasteiger partial charge is 0.481 e. The molecule has 1 N–H and O–H groups in total. The van der Waals surface area contributed by atoms with Crippen molar-refractivity contribution < 1.29 is 19.2 Å². The Morgan fingerprint density at radius 1 is 1.28 bits per heavy atom. The molecule has 1 aromatic carbocycles. The Morgan fingerprint density at radius 2 is 2.04 bits per heavy atom. The van der Waals surface area contributed by atoms with Crippen LogP contribution in [0.15, 0.2) is 34.9 Å². The predicted octanol–water partition coefficient (Wildman–Crippen LogP) is 3.51. The second-order valence-electron chi connectivity index (χ2n) is 6.52. The lowest BCUT2D eigenvalue weighted by Gasteiger charge is -2.34. The van der Waals surface area contributed by atoms with Crippen LogP contribution in [0.25, 0.3) is 11.3 Å². The van der Waals surface area contributed by atoms with Gasteiger partial charge in [-0.25, -0.2) is 0 Å². The molecule has 0 saturated carbocycles. The Kier molecular flexibility index (Phi) is 5.16. The number of likely N-dealkylation sites (tertiary alicyclic amines) is 1. The van der Waals surface area contributed by atoms with Gasteiger partial charge in [0.25, 0.3) is 5.91 Å². The predicted molar refractivity (Wildman–Crippen MR) is 92.2 cm³/mol. The Morgan fingerprint density at radius 3 is 2.76 bits per heavy atom. The van der Waals surface area contributed by atoms with Crippen LogP contribution in [0, 0.1) is 6.92 Å². The molecule has 2 heterocycles. The zero-order valence-corrected chi connectivity index (χ0v) is 14.3. The molecule has 0 aliphatic carbocycles. The van der Waals surface area contributed by atoms with Crippen LogP contribution in [0.2, 0.25) is 0 Å². The molecule has 3 rings (SSSR count). The van der Waals surface area contributed by atoms with E-state index in [-0.39, 0.29) is 24.1 Å². The van der Waals surface area contributed by atoms with Crippen LogP contribution in [0.3, 0.4) is 0 Å². The van der Waals surface area contributed by atoms with E-state index in [0.717, 1.165) is 30.4 Å². The Bertz CT molecular complexity index is 751. The van der Waals surface area contributed by atoms with Crippen LogP contribution in [-0.2, 0) is 4.79 Å². The summed E-state index contributed by atoms with van der Waals surface area (Å²) in [6.45, 7) is 2.64. The number of rotatable bonds is 5. The van der Waals surface area contributed by atoms with E-state index in [9.17, 15) is 9.59 Å². The summed E-state index contributed by atoms with van der Waals surface area (Å²) < 4.78 is 5.28. The first-order valence-corrected chi connectivity index (χ1v) is 8.61. The zero-order chi connectivity index (χ0) is 17.8. The Hall–Kier alpha value is -2.63. The molecule has 1 aliphatic heterocycles. The molecule has 6 heteroatoms. The monoisotopic (exact) mass is 342 g/mol. The molecule has 1 atom stereocenters. The van der Waals surface area contributed by atoms with Crippen molar-refractivity contribution in [3.05, 3.63) is 41.7 Å². The highest BCUT2D eigenvalue weighted by Gasteiger charge is 2.30. The van der Waals surface area contributed by atoms with E-state index >= 15 is 0 Å². The average Bonchev–Trinajstić information content (AvgIpc) is 3.10. The van der Waals surface area contributed by atoms with Gasteiger partial charge in [0, 0.05) is 30.6 Å². The van der Waals surface area contributed by atoms with Crippen molar-refractivity contribution in [2.24, 2.45) is 0 Å². The molecule has 0 spiro atoms. The van der Waals surface area contributed by atoms with Crippen molar-refractivity contribution in [2.75, 3.05) is 6.54 Å². The maximum absolute atomic E-state index is 12.8. The maximum Gasteiger partial charge on any atom is 0.303 e. The molecule has 1 aliphatic rings. The first-order chi connectivity index (χ1) is 12.0. The van der Waals surface area contributed by atoms with E-state index in [1.165, 1.54) is 0 Å². The van der Waals surface area contributed by atoms with Crippen LogP contribution in [0.4, 0.5) is 0 Å². The smallest absolute Gasteiger partial charge is 0.303 e. The number of aryl methyl sites for hydroxylation is 1. The third kappa shape index (κ3) is 4.07. The van der Waals surface area contributed by atoms with Crippen molar-refractivity contribution >= 4 is 11.9 Å². The van der Waals surface area contributed by atoms with Crippen molar-refractivity contribution in [1.29, 1.82) is 0 Å². The quantitative estimate of drug-likeness (QED) is 0.899. The molecule has 1 aromatic heterocycles. The van der Waals surface area contributed by atoms with E-state index < -0.39 is 5.97 Å². The summed E-state index contributed by atoms with van der Waals surface area (Å²) >= 11 is 0. The number of carboxylic acids is 1. The molecule has 1 unspecified atom stereocenters. The third-order valence-corrected chi connectivity index (χ3v) is 4.65. The van der Waals surface area contributed by atoms with E-state index in [1.54, 1.807) is 11.0 Å². The summed E-state index contributed by atoms with van der Waals surface area (Å²) in [7, 11) is 0. The minimum atomic E-state index is -0.834. The molecule has 1 saturated heterocycles. The molecule has 0 radical (unpaired) electrons. The minimum Gasteiger partial charge on any atom is -0.481 e. The third-order valence-electron chi connectivity index (χ3n) is 4.65. The van der Waals surface area contributed by atoms with Gasteiger partial charge in [-0.1, -0.05) is 35.0 Å². The van der Waals surface area contributed by atoms with Gasteiger partial charge < -0.3 is 14.5 Å². The van der Waals surface area contributed by atoms with Crippen molar-refractivity contribution in [3.63, 3.8) is 0 Å². The summed E-state index contributed by atoms with van der Waals surface area (Å²) in [5.74, 6) is -0.835. The molecular weight excluding hydrogens is 320 g/mol. The van der Waals surface area contributed by atoms with Crippen molar-refractivity contribution in [3.8, 4) is 11.3 Å². The summed E-state index contributed by atoms with van der Waals surface area (Å²) in [6, 6.07) is 9.47. The minimum absolute atomic E-state index is 0.0507. The van der Waals surface area contributed by atoms with E-state index in [2.05, 4.69) is 5.16 Å². The molecule has 1 fully saturated rings. The molecule has 132 valence electrons. The van der Waals surface area contributed by atoms with E-state index in [4.69, 9.17) is 9.63 Å². The van der Waals surface area contributed by atoms with Crippen LogP contribution in [0.1, 0.15) is 48.2 Å². The number of amides is 1. The number of nitrogens with zero attached hydrogens (tertiary/aromatic N) is 2. The van der Waals surface area contributed by atoms with Crippen LogP contribution >= 0.6 is 0 Å². The standard InChI is InChI=1S/C19H22N2O4/c1-13-5-7-14(8-6-13)16-12-17(25-20-16)19(24)21-11-3-2-4-15(21)9-10-18(22)23/h5-8,12,15H,2-4,9-11H2,1H3,(H,22,23). The summed E-state index contributed by atoms with van der Waals surface area (Å²) in [5.41, 5.74) is 2.68. The van der Waals surface area contributed by atoms with Crippen LogP contribution < -0.4 is 0 Å². The van der Waals surface area contributed by atoms with Gasteiger partial charge in [-0.3, -0.25) is 9.59 Å². The molecule has 25 heavy (non-hydrogen) atoms. The summed E-state index contributed by atoms with van der Waals surface area (Å²) in [4.78, 5) is 25.4. The fourth-order valence-corrected chi connectivity index (χ4v) is 3.24. The fraction of sp³-hybridized carbons (Fsp3) is 0.421. The zero-order valence-electron chi connectivity index (χ0n) is 14.3. The molecule has 6 nitrogen and oxygen atoms in total. The lowest BCUT2D eigenvalue weighted by Crippen LogP contribution is -2.43. The molecule has 0 bridgehead atoms. The first-order valence-electron chi connectivity index (χ1n) is 8.61. The van der Waals surface area contributed by atoms with Gasteiger partial charge in [-0.2, -0.15) is 0 Å². The lowest BCUT2D eigenvalue weighted by atomic mass is 9.97. The van der Waals surface area contributed by atoms with Gasteiger partial charge >= 0.3 is 5.97 Å². The second-order valence-corrected chi connectivity index (χ2v) is 6.52. The highest BCUT2D eigenvalue weighted by atomic mass is 16.5. The number of benzene rings is 1. The normalized spacial score (nSPS) is 17.5. The summed E-state index contributed by atoms with van der Waals surface area (Å²) in [5, 5.41) is 12.9. The summed E-state index contributed by atoms with van der Waals surface area (Å²) in [6.07, 6.45) is 3.31. The average molecular weight is 342 g/mol. The number of carboxylic acid groups (broad SMARTS) is 1. The highest BCUT2D eigenvalue weighted by Crippen LogP contribution is 2.25. The first kappa shape index (κ1) is 17.2. The highest BCUT2D eigenvalue weighted by molar-refractivity contribution is 5.92. The van der Waals surface area contributed by atoms with Crippen molar-refractivity contribution in [2.45, 2.75) is 45.1 Å². The Labute approximate surface area is 146 Å². The second kappa shape index (κ2) is 7.51. The van der Waals surface area contributed by atoms with Gasteiger partial charge in [0.05, 0.1) is 0 Å². The van der Waals surface area contributed by atoms with Crippen molar-refractivity contribution in [1.82, 2.24) is 10.1 Å².